The van der Waals surface area contributed by atoms with E-state index in [-0.39, 0.29) is 51.4 Å². The second kappa shape index (κ2) is 4.36. The molecule has 7 heteroatoms. The Morgan fingerprint density at radius 1 is 1.21 bits per heavy atom. The van der Waals surface area contributed by atoms with E-state index in [1.165, 1.54) is 23.0 Å². The summed E-state index contributed by atoms with van der Waals surface area (Å²) in [7, 11) is 0. The number of halogens is 3. The van der Waals surface area contributed by atoms with Crippen molar-refractivity contribution in [1.82, 2.24) is 9.38 Å². The molecule has 0 N–H and O–H groups in total. The van der Waals surface area contributed by atoms with Crippen molar-refractivity contribution >= 4 is 18.0 Å². The summed E-state index contributed by atoms with van der Waals surface area (Å²) >= 11 is 0. The monoisotopic (exact) mass is 224 g/mol. The second-order valence-corrected chi connectivity index (χ2v) is 2.76. The van der Waals surface area contributed by atoms with Gasteiger partial charge >= 0.3 is 58.4 Å². The van der Waals surface area contributed by atoms with Gasteiger partial charge in [0.2, 0.25) is 0 Å². The zero-order valence-corrected chi connectivity index (χ0v) is 10.6. The number of aromatic nitrogens is 2. The molecule has 68 valence electrons. The van der Waals surface area contributed by atoms with Crippen molar-refractivity contribution in [1.29, 1.82) is 0 Å². The average molecular weight is 224 g/mol. The molecule has 2 aromatic rings. The number of nitrogens with zero attached hydrogens (tertiary/aromatic N) is 2. The van der Waals surface area contributed by atoms with Crippen LogP contribution < -0.4 is 56.8 Å². The topological polar surface area (TPSA) is 17.3 Å². The van der Waals surface area contributed by atoms with E-state index >= 15 is 0 Å². The zero-order valence-electron chi connectivity index (χ0n) is 7.49. The van der Waals surface area contributed by atoms with Crippen LogP contribution in [0.2, 0.25) is 0 Å². The predicted octanol–water partition coefficient (Wildman–Crippen LogP) is -1.61. The molecule has 0 unspecified atom stereocenters. The molecule has 0 aliphatic rings. The van der Waals surface area contributed by atoms with Crippen molar-refractivity contribution in [2.45, 2.75) is 0 Å². The molecule has 0 saturated carbocycles. The largest absolute Gasteiger partial charge is 1.00 e. The molecule has 2 aromatic heterocycles. The first kappa shape index (κ1) is 12.3. The summed E-state index contributed by atoms with van der Waals surface area (Å²) in [6.07, 6.45) is 3.90. The van der Waals surface area contributed by atoms with Crippen LogP contribution >= 0.6 is 0 Å². The Bertz CT molecular complexity index is 440. The van der Waals surface area contributed by atoms with Crippen LogP contribution in [0.25, 0.3) is 5.52 Å². The fourth-order valence-corrected chi connectivity index (χ4v) is 1.13. The van der Waals surface area contributed by atoms with Gasteiger partial charge in [-0.1, -0.05) is 11.5 Å². The van der Waals surface area contributed by atoms with Gasteiger partial charge in [-0.2, -0.15) is 0 Å². The van der Waals surface area contributed by atoms with Crippen molar-refractivity contribution in [3.05, 3.63) is 30.9 Å². The van der Waals surface area contributed by atoms with E-state index in [1.807, 2.05) is 0 Å². The fraction of sp³-hybridized carbons (Fsp3) is 0. The summed E-state index contributed by atoms with van der Waals surface area (Å²) < 4.78 is 38.1. The van der Waals surface area contributed by atoms with Crippen LogP contribution in [0.3, 0.4) is 0 Å². The summed E-state index contributed by atoms with van der Waals surface area (Å²) in [5.74, 6) is 0. The van der Waals surface area contributed by atoms with Crippen molar-refractivity contribution in [3.8, 4) is 0 Å². The van der Waals surface area contributed by atoms with Crippen LogP contribution in [-0.4, -0.2) is 16.4 Å². The summed E-state index contributed by atoms with van der Waals surface area (Å²) in [6, 6.07) is 2.47. The predicted molar refractivity (Wildman–Crippen MR) is 43.9 cm³/mol. The summed E-state index contributed by atoms with van der Waals surface area (Å²) in [5.41, 5.74) is 0.0503. The third-order valence-electron chi connectivity index (χ3n) is 1.81. The molecule has 0 bridgehead atoms. The van der Waals surface area contributed by atoms with Crippen molar-refractivity contribution in [2.24, 2.45) is 0 Å². The van der Waals surface area contributed by atoms with E-state index in [2.05, 4.69) is 4.98 Å². The Balaban J connectivity index is 0.000000980. The zero-order chi connectivity index (χ0) is 9.47. The smallest absolute Gasteiger partial charge is 0.445 e. The maximum Gasteiger partial charge on any atom is 1.00 e. The van der Waals surface area contributed by atoms with Crippen LogP contribution in [0.15, 0.2) is 30.9 Å². The minimum absolute atomic E-state index is 0. The van der Waals surface area contributed by atoms with Gasteiger partial charge in [0, 0.05) is 0 Å². The normalized spacial score (nSPS) is 11.4. The molecule has 14 heavy (non-hydrogen) atoms. The molecular weight excluding hydrogens is 219 g/mol. The van der Waals surface area contributed by atoms with Crippen molar-refractivity contribution in [2.75, 3.05) is 0 Å². The van der Waals surface area contributed by atoms with Gasteiger partial charge in [0.1, 0.15) is 0 Å². The maximum absolute atomic E-state index is 12.3. The number of fused-ring (bicyclic) bond motifs is 1. The molecule has 2 rings (SSSR count). The molecule has 0 radical (unpaired) electrons. The van der Waals surface area contributed by atoms with Crippen LogP contribution in [0.4, 0.5) is 12.9 Å². The molecule has 0 spiro atoms. The molecule has 2 nitrogen and oxygen atoms in total. The van der Waals surface area contributed by atoms with Gasteiger partial charge in [0.15, 0.2) is 0 Å². The van der Waals surface area contributed by atoms with Crippen LogP contribution in [0.1, 0.15) is 0 Å². The minimum Gasteiger partial charge on any atom is -0.445 e. The summed E-state index contributed by atoms with van der Waals surface area (Å²) in [6.45, 7) is -4.91. The van der Waals surface area contributed by atoms with Crippen molar-refractivity contribution in [3.63, 3.8) is 0 Å². The van der Waals surface area contributed by atoms with Crippen LogP contribution in [-0.2, 0) is 0 Å². The summed E-state index contributed by atoms with van der Waals surface area (Å²) in [5, 5.41) is 0. The molecular formula is C7H5BF3KN2. The Kier molecular flexibility index (Phi) is 3.82. The van der Waals surface area contributed by atoms with E-state index < -0.39 is 12.4 Å². The first-order valence-corrected chi connectivity index (χ1v) is 3.69. The Labute approximate surface area is 121 Å². The van der Waals surface area contributed by atoms with Gasteiger partial charge in [-0.15, -0.1) is 0 Å². The number of rotatable bonds is 1. The Morgan fingerprint density at radius 3 is 2.57 bits per heavy atom. The maximum atomic E-state index is 12.3. The molecule has 0 aliphatic heterocycles. The molecule has 0 aliphatic carbocycles. The number of imidazole rings is 1. The molecule has 0 amide bonds. The Hall–Kier alpha value is 0.181. The molecule has 0 saturated heterocycles. The van der Waals surface area contributed by atoms with Gasteiger partial charge in [-0.3, -0.25) is 0 Å². The number of hydrogen-bond acceptors (Lipinski definition) is 1. The average Bonchev–Trinajstić information content (AvgIpc) is 2.47. The SMILES string of the molecule is F[B-](F)(F)c1ccc2cncn2c1.[K+]. The fourth-order valence-electron chi connectivity index (χ4n) is 1.13. The quantitative estimate of drug-likeness (QED) is 0.533. The van der Waals surface area contributed by atoms with E-state index in [0.717, 1.165) is 12.3 Å². The molecule has 0 atom stereocenters. The van der Waals surface area contributed by atoms with Gasteiger partial charge in [0.25, 0.3) is 0 Å². The van der Waals surface area contributed by atoms with E-state index in [1.54, 1.807) is 0 Å². The van der Waals surface area contributed by atoms with Crippen molar-refractivity contribution < 1.29 is 64.3 Å². The second-order valence-electron chi connectivity index (χ2n) is 2.76. The van der Waals surface area contributed by atoms with Gasteiger partial charge in [0.05, 0.1) is 18.0 Å². The van der Waals surface area contributed by atoms with E-state index in [4.69, 9.17) is 0 Å². The third-order valence-corrected chi connectivity index (χ3v) is 1.81. The molecule has 0 aromatic carbocycles. The Morgan fingerprint density at radius 2 is 1.93 bits per heavy atom. The van der Waals surface area contributed by atoms with Crippen LogP contribution in [0, 0.1) is 0 Å². The van der Waals surface area contributed by atoms with Gasteiger partial charge < -0.3 is 17.3 Å². The number of hydrogen-bond donors (Lipinski definition) is 0. The van der Waals surface area contributed by atoms with E-state index in [9.17, 15) is 12.9 Å². The first-order valence-electron chi connectivity index (χ1n) is 3.69. The van der Waals surface area contributed by atoms with E-state index in [0.29, 0.717) is 5.52 Å². The van der Waals surface area contributed by atoms with Crippen LogP contribution in [0.5, 0.6) is 0 Å². The number of pyridine rings is 1. The summed E-state index contributed by atoms with van der Waals surface area (Å²) in [4.78, 5) is 3.73. The first-order chi connectivity index (χ1) is 6.07. The minimum atomic E-state index is -4.91. The van der Waals surface area contributed by atoms with Gasteiger partial charge in [-0.25, -0.2) is 4.98 Å². The van der Waals surface area contributed by atoms with Gasteiger partial charge in [-0.05, 0) is 12.3 Å². The third kappa shape index (κ3) is 2.40. The molecule has 2 heterocycles. The standard InChI is InChI=1S/C7H5BF3N2.K/c9-8(10,11)6-1-2-7-3-12-5-13(7)4-6;/h1-5H;/q-1;+1. The molecule has 0 fully saturated rings.